The van der Waals surface area contributed by atoms with Crippen LogP contribution in [0, 0.1) is 0 Å². The Bertz CT molecular complexity index is 307. The van der Waals surface area contributed by atoms with E-state index in [-0.39, 0.29) is 18.4 Å². The first-order chi connectivity index (χ1) is 6.65. The van der Waals surface area contributed by atoms with Gasteiger partial charge in [0.1, 0.15) is 0 Å². The van der Waals surface area contributed by atoms with Crippen molar-refractivity contribution in [3.63, 3.8) is 0 Å². The average Bonchev–Trinajstić information content (AvgIpc) is 2.18. The maximum atomic E-state index is 5.98. The van der Waals surface area contributed by atoms with E-state index in [1.165, 1.54) is 0 Å². The molecule has 0 aliphatic rings. The van der Waals surface area contributed by atoms with Gasteiger partial charge in [0.15, 0.2) is 0 Å². The summed E-state index contributed by atoms with van der Waals surface area (Å²) in [5.41, 5.74) is 12.5. The highest BCUT2D eigenvalue weighted by Gasteiger charge is 2.06. The van der Waals surface area contributed by atoms with Gasteiger partial charge in [-0.1, -0.05) is 17.7 Å². The molecule has 0 fully saturated rings. The van der Waals surface area contributed by atoms with Crippen LogP contribution in [0.1, 0.15) is 24.4 Å². The number of rotatable bonds is 4. The molecule has 0 radical (unpaired) electrons. The molecule has 0 saturated carbocycles. The van der Waals surface area contributed by atoms with Crippen LogP contribution in [0.15, 0.2) is 22.7 Å². The Kier molecular flexibility index (Phi) is 7.57. The Morgan fingerprint density at radius 2 is 2.07 bits per heavy atom. The first kappa shape index (κ1) is 15.2. The Morgan fingerprint density at radius 3 is 2.60 bits per heavy atom. The highest BCUT2D eigenvalue weighted by Crippen LogP contribution is 2.26. The topological polar surface area (TPSA) is 52.0 Å². The number of hydrogen-bond acceptors (Lipinski definition) is 2. The van der Waals surface area contributed by atoms with Gasteiger partial charge in [0.25, 0.3) is 0 Å². The summed E-state index contributed by atoms with van der Waals surface area (Å²) in [5.74, 6) is 0. The molecular formula is C10H15BrCl2N2. The minimum absolute atomic E-state index is 0. The Balaban J connectivity index is 0.00000196. The summed E-state index contributed by atoms with van der Waals surface area (Å²) < 4.78 is 0.889. The highest BCUT2D eigenvalue weighted by molar-refractivity contribution is 9.10. The van der Waals surface area contributed by atoms with Crippen molar-refractivity contribution in [1.29, 1.82) is 0 Å². The molecule has 0 unspecified atom stereocenters. The van der Waals surface area contributed by atoms with Crippen LogP contribution in [-0.2, 0) is 0 Å². The van der Waals surface area contributed by atoms with Gasteiger partial charge in [-0.05, 0) is 53.0 Å². The quantitative estimate of drug-likeness (QED) is 0.896. The van der Waals surface area contributed by atoms with E-state index in [2.05, 4.69) is 15.9 Å². The number of nitrogens with two attached hydrogens (primary N) is 2. The van der Waals surface area contributed by atoms with E-state index in [9.17, 15) is 0 Å². The molecule has 1 aromatic rings. The van der Waals surface area contributed by atoms with Gasteiger partial charge < -0.3 is 11.5 Å². The van der Waals surface area contributed by atoms with Crippen LogP contribution in [0.5, 0.6) is 0 Å². The molecule has 5 heteroatoms. The van der Waals surface area contributed by atoms with Crippen LogP contribution in [0.2, 0.25) is 5.02 Å². The van der Waals surface area contributed by atoms with E-state index in [0.29, 0.717) is 11.6 Å². The van der Waals surface area contributed by atoms with Gasteiger partial charge in [0.2, 0.25) is 0 Å². The van der Waals surface area contributed by atoms with Gasteiger partial charge in [-0.3, -0.25) is 0 Å². The molecule has 1 rings (SSSR count). The molecule has 86 valence electrons. The lowest BCUT2D eigenvalue weighted by molar-refractivity contribution is 0.618. The van der Waals surface area contributed by atoms with E-state index in [0.717, 1.165) is 22.9 Å². The number of hydrogen-bond donors (Lipinski definition) is 2. The lowest BCUT2D eigenvalue weighted by atomic mass is 10.0. The van der Waals surface area contributed by atoms with E-state index >= 15 is 0 Å². The second-order valence-electron chi connectivity index (χ2n) is 3.21. The summed E-state index contributed by atoms with van der Waals surface area (Å²) >= 11 is 9.25. The van der Waals surface area contributed by atoms with Crippen LogP contribution in [0.25, 0.3) is 0 Å². The molecule has 1 aromatic carbocycles. The molecule has 0 saturated heterocycles. The largest absolute Gasteiger partial charge is 0.330 e. The zero-order valence-electron chi connectivity index (χ0n) is 8.25. The third kappa shape index (κ3) is 4.70. The molecule has 0 bridgehead atoms. The summed E-state index contributed by atoms with van der Waals surface area (Å²) in [4.78, 5) is 0. The summed E-state index contributed by atoms with van der Waals surface area (Å²) in [5, 5.41) is 0.708. The third-order valence-electron chi connectivity index (χ3n) is 2.09. The fourth-order valence-corrected chi connectivity index (χ4v) is 1.76. The van der Waals surface area contributed by atoms with Gasteiger partial charge in [0, 0.05) is 10.5 Å². The van der Waals surface area contributed by atoms with E-state index in [4.69, 9.17) is 23.1 Å². The molecular weight excluding hydrogens is 299 g/mol. The van der Waals surface area contributed by atoms with Crippen LogP contribution in [-0.4, -0.2) is 6.54 Å². The van der Waals surface area contributed by atoms with Crippen LogP contribution in [0.4, 0.5) is 0 Å². The second kappa shape index (κ2) is 7.47. The van der Waals surface area contributed by atoms with Crippen molar-refractivity contribution in [3.8, 4) is 0 Å². The highest BCUT2D eigenvalue weighted by atomic mass is 79.9. The lowest BCUT2D eigenvalue weighted by Gasteiger charge is -2.11. The fourth-order valence-electron chi connectivity index (χ4n) is 1.25. The molecule has 2 nitrogen and oxygen atoms in total. The second-order valence-corrected chi connectivity index (χ2v) is 4.47. The standard InChI is InChI=1S/C10H14BrClN2.ClH/c11-8-6-7(3-4-9(8)12)10(14)2-1-5-13;/h3-4,6,10H,1-2,5,13-14H2;1H/t10-;/m1./s1. The van der Waals surface area contributed by atoms with E-state index in [1.54, 1.807) is 0 Å². The van der Waals surface area contributed by atoms with E-state index in [1.807, 2.05) is 18.2 Å². The van der Waals surface area contributed by atoms with Crippen molar-refractivity contribution in [2.24, 2.45) is 11.5 Å². The Hall–Kier alpha value is 0.200. The van der Waals surface area contributed by atoms with Crippen molar-refractivity contribution in [2.45, 2.75) is 18.9 Å². The van der Waals surface area contributed by atoms with E-state index < -0.39 is 0 Å². The Labute approximate surface area is 110 Å². The predicted molar refractivity (Wildman–Crippen MR) is 71.6 cm³/mol. The molecule has 15 heavy (non-hydrogen) atoms. The first-order valence-corrected chi connectivity index (χ1v) is 5.73. The molecule has 0 heterocycles. The maximum absolute atomic E-state index is 5.98. The normalized spacial score (nSPS) is 12.0. The monoisotopic (exact) mass is 312 g/mol. The molecule has 4 N–H and O–H groups in total. The van der Waals surface area contributed by atoms with Crippen molar-refractivity contribution in [1.82, 2.24) is 0 Å². The van der Waals surface area contributed by atoms with Gasteiger partial charge in [0.05, 0.1) is 5.02 Å². The van der Waals surface area contributed by atoms with Crippen molar-refractivity contribution in [3.05, 3.63) is 33.3 Å². The van der Waals surface area contributed by atoms with Crippen molar-refractivity contribution >= 4 is 39.9 Å². The molecule has 1 atom stereocenters. The minimum atomic E-state index is 0. The molecule has 0 aromatic heterocycles. The van der Waals surface area contributed by atoms with Gasteiger partial charge >= 0.3 is 0 Å². The summed E-state index contributed by atoms with van der Waals surface area (Å²) in [6.07, 6.45) is 1.85. The lowest BCUT2D eigenvalue weighted by Crippen LogP contribution is -2.12. The third-order valence-corrected chi connectivity index (χ3v) is 3.31. The first-order valence-electron chi connectivity index (χ1n) is 4.55. The smallest absolute Gasteiger partial charge is 0.0548 e. The molecule has 0 aliphatic carbocycles. The molecule has 0 aliphatic heterocycles. The maximum Gasteiger partial charge on any atom is 0.0548 e. The van der Waals surface area contributed by atoms with Gasteiger partial charge in [-0.2, -0.15) is 0 Å². The zero-order chi connectivity index (χ0) is 10.6. The van der Waals surface area contributed by atoms with Crippen LogP contribution >= 0.6 is 39.9 Å². The number of halogens is 3. The van der Waals surface area contributed by atoms with Crippen LogP contribution in [0.3, 0.4) is 0 Å². The van der Waals surface area contributed by atoms with Gasteiger partial charge in [-0.15, -0.1) is 12.4 Å². The SMILES string of the molecule is Cl.NCCC[C@@H](N)c1ccc(Cl)c(Br)c1. The van der Waals surface area contributed by atoms with Crippen molar-refractivity contribution in [2.75, 3.05) is 6.54 Å². The summed E-state index contributed by atoms with van der Waals surface area (Å²) in [6, 6.07) is 5.81. The predicted octanol–water partition coefficient (Wildman–Crippen LogP) is 3.26. The zero-order valence-corrected chi connectivity index (χ0v) is 11.4. The molecule has 0 spiro atoms. The Morgan fingerprint density at radius 1 is 1.40 bits per heavy atom. The minimum Gasteiger partial charge on any atom is -0.330 e. The number of benzene rings is 1. The van der Waals surface area contributed by atoms with Crippen molar-refractivity contribution < 1.29 is 0 Å². The summed E-state index contributed by atoms with van der Waals surface area (Å²) in [6.45, 7) is 0.683. The summed E-state index contributed by atoms with van der Waals surface area (Å²) in [7, 11) is 0. The van der Waals surface area contributed by atoms with Gasteiger partial charge in [-0.25, -0.2) is 0 Å². The van der Waals surface area contributed by atoms with Crippen LogP contribution < -0.4 is 11.5 Å². The average molecular weight is 314 g/mol. The fraction of sp³-hybridized carbons (Fsp3) is 0.400. The molecule has 0 amide bonds.